The molecule has 2 unspecified atom stereocenters. The number of nitrogens with one attached hydrogen (secondary N) is 1. The third-order valence-corrected chi connectivity index (χ3v) is 3.73. The van der Waals surface area contributed by atoms with Crippen molar-refractivity contribution in [1.82, 2.24) is 5.32 Å². The molecule has 1 aliphatic rings. The largest absolute Gasteiger partial charge is 0.480 e. The average molecular weight is 321 g/mol. The molecular formula is C17H20FNO4. The van der Waals surface area contributed by atoms with Crippen LogP contribution >= 0.6 is 0 Å². The predicted molar refractivity (Wildman–Crippen MR) is 83.2 cm³/mol. The molecule has 124 valence electrons. The summed E-state index contributed by atoms with van der Waals surface area (Å²) in [6.07, 6.45) is 4.91. The van der Waals surface area contributed by atoms with Gasteiger partial charge in [0.2, 0.25) is 5.91 Å². The third-order valence-electron chi connectivity index (χ3n) is 3.73. The normalized spacial score (nSPS) is 19.4. The van der Waals surface area contributed by atoms with Gasteiger partial charge in [0.25, 0.3) is 0 Å². The van der Waals surface area contributed by atoms with E-state index in [0.29, 0.717) is 13.2 Å². The highest BCUT2D eigenvalue weighted by Gasteiger charge is 2.30. The predicted octanol–water partition coefficient (Wildman–Crippen LogP) is 2.23. The van der Waals surface area contributed by atoms with Crippen molar-refractivity contribution in [2.75, 3.05) is 13.2 Å². The van der Waals surface area contributed by atoms with Crippen LogP contribution in [0.1, 0.15) is 24.8 Å². The molecule has 1 heterocycles. The van der Waals surface area contributed by atoms with E-state index in [1.807, 2.05) is 0 Å². The van der Waals surface area contributed by atoms with Gasteiger partial charge in [0, 0.05) is 18.9 Å². The van der Waals surface area contributed by atoms with Gasteiger partial charge in [-0.2, -0.15) is 0 Å². The summed E-state index contributed by atoms with van der Waals surface area (Å²) in [7, 11) is 0. The maximum Gasteiger partial charge on any atom is 0.326 e. The number of carbonyl (C=O) groups excluding carboxylic acids is 1. The Kier molecular flexibility index (Phi) is 6.29. The summed E-state index contributed by atoms with van der Waals surface area (Å²) in [4.78, 5) is 23.3. The van der Waals surface area contributed by atoms with Gasteiger partial charge in [0.15, 0.2) is 0 Å². The van der Waals surface area contributed by atoms with E-state index in [1.165, 1.54) is 12.1 Å². The van der Waals surface area contributed by atoms with Gasteiger partial charge in [0.05, 0.1) is 6.61 Å². The quantitative estimate of drug-likeness (QED) is 0.842. The first-order valence-corrected chi connectivity index (χ1v) is 7.58. The van der Waals surface area contributed by atoms with Gasteiger partial charge < -0.3 is 15.2 Å². The number of carboxylic acid groups (broad SMARTS) is 1. The lowest BCUT2D eigenvalue weighted by molar-refractivity contribution is -0.145. The van der Waals surface area contributed by atoms with Crippen LogP contribution in [-0.4, -0.2) is 36.2 Å². The Morgan fingerprint density at radius 3 is 2.74 bits per heavy atom. The zero-order valence-electron chi connectivity index (χ0n) is 12.7. The third kappa shape index (κ3) is 5.49. The van der Waals surface area contributed by atoms with Crippen LogP contribution in [0.5, 0.6) is 0 Å². The van der Waals surface area contributed by atoms with Crippen molar-refractivity contribution < 1.29 is 23.8 Å². The van der Waals surface area contributed by atoms with Crippen LogP contribution < -0.4 is 5.32 Å². The lowest BCUT2D eigenvalue weighted by Crippen LogP contribution is -2.48. The van der Waals surface area contributed by atoms with E-state index >= 15 is 0 Å². The van der Waals surface area contributed by atoms with Crippen molar-refractivity contribution in [2.24, 2.45) is 5.92 Å². The van der Waals surface area contributed by atoms with Crippen LogP contribution in [0.15, 0.2) is 30.3 Å². The van der Waals surface area contributed by atoms with E-state index in [-0.39, 0.29) is 24.1 Å². The minimum absolute atomic E-state index is 0.0642. The molecule has 23 heavy (non-hydrogen) atoms. The monoisotopic (exact) mass is 321 g/mol. The number of amides is 1. The van der Waals surface area contributed by atoms with Crippen molar-refractivity contribution >= 4 is 18.0 Å². The van der Waals surface area contributed by atoms with Crippen molar-refractivity contribution in [2.45, 2.75) is 25.3 Å². The van der Waals surface area contributed by atoms with E-state index < -0.39 is 12.0 Å². The van der Waals surface area contributed by atoms with Crippen LogP contribution in [0.25, 0.3) is 6.08 Å². The summed E-state index contributed by atoms with van der Waals surface area (Å²) in [6.45, 7) is 0.986. The molecule has 1 aromatic rings. The topological polar surface area (TPSA) is 75.6 Å². The molecule has 1 fully saturated rings. The molecule has 0 radical (unpaired) electrons. The standard InChI is InChI=1S/C17H20FNO4/c18-14-8-6-12(7-9-14)3-1-5-15(20)19-16(17(21)22)13-4-2-10-23-11-13/h1,3,6-9,13,16H,2,4-5,10-11H2,(H,19,20)(H,21,22)/b3-1+. The number of aliphatic carboxylic acids is 1. The zero-order valence-corrected chi connectivity index (χ0v) is 12.7. The molecule has 2 atom stereocenters. The summed E-state index contributed by atoms with van der Waals surface area (Å²) in [6, 6.07) is 4.95. The Labute approximate surface area is 134 Å². The number of benzene rings is 1. The van der Waals surface area contributed by atoms with Gasteiger partial charge >= 0.3 is 5.97 Å². The Balaban J connectivity index is 1.86. The molecule has 0 aromatic heterocycles. The second-order valence-corrected chi connectivity index (χ2v) is 5.52. The van der Waals surface area contributed by atoms with Gasteiger partial charge in [-0.25, -0.2) is 9.18 Å². The molecule has 1 saturated heterocycles. The Bertz CT molecular complexity index is 564. The molecule has 1 aromatic carbocycles. The molecule has 0 bridgehead atoms. The molecular weight excluding hydrogens is 301 g/mol. The van der Waals surface area contributed by atoms with E-state index in [4.69, 9.17) is 4.74 Å². The number of halogens is 1. The van der Waals surface area contributed by atoms with E-state index in [1.54, 1.807) is 24.3 Å². The summed E-state index contributed by atoms with van der Waals surface area (Å²) in [5, 5.41) is 11.8. The highest BCUT2D eigenvalue weighted by atomic mass is 19.1. The smallest absolute Gasteiger partial charge is 0.326 e. The van der Waals surface area contributed by atoms with Crippen LogP contribution in [0, 0.1) is 11.7 Å². The molecule has 0 saturated carbocycles. The molecule has 0 aliphatic carbocycles. The second-order valence-electron chi connectivity index (χ2n) is 5.52. The van der Waals surface area contributed by atoms with E-state index in [0.717, 1.165) is 18.4 Å². The number of rotatable bonds is 6. The van der Waals surface area contributed by atoms with Gasteiger partial charge in [-0.1, -0.05) is 24.3 Å². The fraction of sp³-hybridized carbons (Fsp3) is 0.412. The van der Waals surface area contributed by atoms with Crippen molar-refractivity contribution in [3.05, 3.63) is 41.7 Å². The first kappa shape index (κ1) is 17.1. The zero-order chi connectivity index (χ0) is 16.7. The van der Waals surface area contributed by atoms with Gasteiger partial charge in [-0.3, -0.25) is 4.79 Å². The lowest BCUT2D eigenvalue weighted by Gasteiger charge is -2.27. The maximum absolute atomic E-state index is 12.8. The minimum atomic E-state index is -1.05. The number of carbonyl (C=O) groups is 2. The van der Waals surface area contributed by atoms with Crippen LogP contribution in [0.3, 0.4) is 0 Å². The average Bonchev–Trinajstić information content (AvgIpc) is 2.55. The fourth-order valence-electron chi connectivity index (χ4n) is 2.52. The number of hydrogen-bond donors (Lipinski definition) is 2. The highest BCUT2D eigenvalue weighted by molar-refractivity contribution is 5.85. The molecule has 5 nitrogen and oxygen atoms in total. The highest BCUT2D eigenvalue weighted by Crippen LogP contribution is 2.18. The minimum Gasteiger partial charge on any atom is -0.480 e. The Morgan fingerprint density at radius 2 is 2.13 bits per heavy atom. The first-order valence-electron chi connectivity index (χ1n) is 7.58. The van der Waals surface area contributed by atoms with Crippen LogP contribution in [0.2, 0.25) is 0 Å². The lowest BCUT2D eigenvalue weighted by atomic mass is 9.93. The van der Waals surface area contributed by atoms with Crippen LogP contribution in [-0.2, 0) is 14.3 Å². The first-order chi connectivity index (χ1) is 11.1. The molecule has 2 N–H and O–H groups in total. The van der Waals surface area contributed by atoms with Crippen LogP contribution in [0.4, 0.5) is 4.39 Å². The van der Waals surface area contributed by atoms with E-state index in [2.05, 4.69) is 5.32 Å². The number of hydrogen-bond acceptors (Lipinski definition) is 3. The molecule has 1 aliphatic heterocycles. The number of carboxylic acids is 1. The van der Waals surface area contributed by atoms with Crippen molar-refractivity contribution in [1.29, 1.82) is 0 Å². The summed E-state index contributed by atoms with van der Waals surface area (Å²) < 4.78 is 18.1. The Hall–Kier alpha value is -2.21. The SMILES string of the molecule is O=C(C/C=C/c1ccc(F)cc1)NC(C(=O)O)C1CCCOC1. The Morgan fingerprint density at radius 1 is 1.39 bits per heavy atom. The van der Waals surface area contributed by atoms with E-state index in [9.17, 15) is 19.1 Å². The number of ether oxygens (including phenoxy) is 1. The summed E-state index contributed by atoms with van der Waals surface area (Å²) in [5.41, 5.74) is 0.773. The molecule has 6 heteroatoms. The van der Waals surface area contributed by atoms with Crippen molar-refractivity contribution in [3.63, 3.8) is 0 Å². The molecule has 2 rings (SSSR count). The molecule has 0 spiro atoms. The van der Waals surface area contributed by atoms with Gasteiger partial charge in [0.1, 0.15) is 11.9 Å². The van der Waals surface area contributed by atoms with Gasteiger partial charge in [-0.15, -0.1) is 0 Å². The summed E-state index contributed by atoms with van der Waals surface area (Å²) in [5.74, 6) is -1.93. The van der Waals surface area contributed by atoms with Gasteiger partial charge in [-0.05, 0) is 30.5 Å². The fourth-order valence-corrected chi connectivity index (χ4v) is 2.52. The summed E-state index contributed by atoms with van der Waals surface area (Å²) >= 11 is 0. The maximum atomic E-state index is 12.8. The van der Waals surface area contributed by atoms with Crippen molar-refractivity contribution in [3.8, 4) is 0 Å². The second kappa shape index (κ2) is 8.43. The molecule has 1 amide bonds.